The van der Waals surface area contributed by atoms with E-state index in [1.807, 2.05) is 36.1 Å². The van der Waals surface area contributed by atoms with Gasteiger partial charge in [-0.15, -0.1) is 10.2 Å². The van der Waals surface area contributed by atoms with E-state index in [-0.39, 0.29) is 6.42 Å². The molecule has 0 saturated carbocycles. The van der Waals surface area contributed by atoms with Gasteiger partial charge in [0.15, 0.2) is 5.82 Å². The van der Waals surface area contributed by atoms with Gasteiger partial charge in [0.1, 0.15) is 0 Å². The van der Waals surface area contributed by atoms with Crippen LogP contribution in [0.2, 0.25) is 0 Å². The van der Waals surface area contributed by atoms with Crippen LogP contribution in [0.1, 0.15) is 17.8 Å². The van der Waals surface area contributed by atoms with Gasteiger partial charge < -0.3 is 10.0 Å². The van der Waals surface area contributed by atoms with Crippen LogP contribution in [-0.4, -0.2) is 37.8 Å². The molecule has 0 bridgehead atoms. The molecule has 1 aromatic heterocycles. The molecule has 7 nitrogen and oxygen atoms in total. The minimum absolute atomic E-state index is 0.0641. The van der Waals surface area contributed by atoms with E-state index in [1.54, 1.807) is 7.05 Å². The molecule has 1 aromatic carbocycles. The lowest BCUT2D eigenvalue weighted by Gasteiger charge is -2.24. The SMILES string of the molecule is Cc1ccccc1N(CCC(=O)O)Cc1nnn(C)n1. The van der Waals surface area contributed by atoms with E-state index in [0.717, 1.165) is 11.3 Å². The van der Waals surface area contributed by atoms with E-state index in [9.17, 15) is 4.79 Å². The van der Waals surface area contributed by atoms with Crippen molar-refractivity contribution in [1.29, 1.82) is 0 Å². The Balaban J connectivity index is 2.20. The topological polar surface area (TPSA) is 84.1 Å². The second kappa shape index (κ2) is 6.14. The average Bonchev–Trinajstić information content (AvgIpc) is 2.81. The normalized spacial score (nSPS) is 10.5. The lowest BCUT2D eigenvalue weighted by Crippen LogP contribution is -2.27. The number of para-hydroxylation sites is 1. The second-order valence-electron chi connectivity index (χ2n) is 4.55. The minimum Gasteiger partial charge on any atom is -0.481 e. The number of aromatic nitrogens is 4. The van der Waals surface area contributed by atoms with Gasteiger partial charge in [-0.25, -0.2) is 0 Å². The number of hydrogen-bond acceptors (Lipinski definition) is 5. The molecule has 0 atom stereocenters. The van der Waals surface area contributed by atoms with Crippen LogP contribution in [0.3, 0.4) is 0 Å². The number of carboxylic acid groups (broad SMARTS) is 1. The number of tetrazole rings is 1. The van der Waals surface area contributed by atoms with Crippen LogP contribution in [-0.2, 0) is 18.4 Å². The number of nitrogens with zero attached hydrogens (tertiary/aromatic N) is 5. The van der Waals surface area contributed by atoms with Gasteiger partial charge in [-0.2, -0.15) is 4.80 Å². The molecule has 0 fully saturated rings. The van der Waals surface area contributed by atoms with Crippen molar-refractivity contribution in [3.63, 3.8) is 0 Å². The highest BCUT2D eigenvalue weighted by atomic mass is 16.4. The smallest absolute Gasteiger partial charge is 0.305 e. The molecule has 20 heavy (non-hydrogen) atoms. The fourth-order valence-corrected chi connectivity index (χ4v) is 1.99. The van der Waals surface area contributed by atoms with E-state index in [0.29, 0.717) is 18.9 Å². The maximum absolute atomic E-state index is 10.8. The molecule has 7 heteroatoms. The summed E-state index contributed by atoms with van der Waals surface area (Å²) in [5, 5.41) is 20.8. The molecular formula is C13H17N5O2. The van der Waals surface area contributed by atoms with E-state index in [2.05, 4.69) is 15.4 Å². The van der Waals surface area contributed by atoms with E-state index in [4.69, 9.17) is 5.11 Å². The highest BCUT2D eigenvalue weighted by molar-refractivity contribution is 5.68. The maximum atomic E-state index is 10.8. The Kier molecular flexibility index (Phi) is 4.29. The van der Waals surface area contributed by atoms with Crippen molar-refractivity contribution in [1.82, 2.24) is 20.2 Å². The predicted molar refractivity (Wildman–Crippen MR) is 73.3 cm³/mol. The van der Waals surface area contributed by atoms with Crippen molar-refractivity contribution in [2.24, 2.45) is 7.05 Å². The Labute approximate surface area is 116 Å². The summed E-state index contributed by atoms with van der Waals surface area (Å²) >= 11 is 0. The number of benzene rings is 1. The Morgan fingerprint density at radius 3 is 2.75 bits per heavy atom. The van der Waals surface area contributed by atoms with Gasteiger partial charge in [-0.05, 0) is 23.8 Å². The number of rotatable bonds is 6. The van der Waals surface area contributed by atoms with Gasteiger partial charge in [0.25, 0.3) is 0 Å². The summed E-state index contributed by atoms with van der Waals surface area (Å²) in [6.45, 7) is 2.83. The molecule has 0 aliphatic rings. The summed E-state index contributed by atoms with van der Waals surface area (Å²) in [6.07, 6.45) is 0.0641. The van der Waals surface area contributed by atoms with Crippen LogP contribution in [0.4, 0.5) is 5.69 Å². The molecule has 0 aliphatic heterocycles. The van der Waals surface area contributed by atoms with Gasteiger partial charge in [-0.3, -0.25) is 4.79 Å². The van der Waals surface area contributed by atoms with Gasteiger partial charge in [0.05, 0.1) is 20.0 Å². The molecule has 106 valence electrons. The van der Waals surface area contributed by atoms with Crippen molar-refractivity contribution in [2.45, 2.75) is 19.9 Å². The Hall–Kier alpha value is -2.44. The van der Waals surface area contributed by atoms with Gasteiger partial charge >= 0.3 is 5.97 Å². The largest absolute Gasteiger partial charge is 0.481 e. The summed E-state index contributed by atoms with van der Waals surface area (Å²) < 4.78 is 0. The Morgan fingerprint density at radius 2 is 2.15 bits per heavy atom. The molecule has 2 rings (SSSR count). The molecule has 2 aromatic rings. The zero-order chi connectivity index (χ0) is 14.5. The molecule has 0 radical (unpaired) electrons. The van der Waals surface area contributed by atoms with Crippen molar-refractivity contribution in [3.05, 3.63) is 35.7 Å². The summed E-state index contributed by atoms with van der Waals surface area (Å²) in [7, 11) is 1.70. The number of carbonyl (C=O) groups is 1. The minimum atomic E-state index is -0.823. The number of aliphatic carboxylic acids is 1. The monoisotopic (exact) mass is 275 g/mol. The zero-order valence-corrected chi connectivity index (χ0v) is 11.5. The second-order valence-corrected chi connectivity index (χ2v) is 4.55. The molecule has 0 saturated heterocycles. The van der Waals surface area contributed by atoms with Crippen LogP contribution >= 0.6 is 0 Å². The quantitative estimate of drug-likeness (QED) is 0.846. The van der Waals surface area contributed by atoms with Gasteiger partial charge in [0.2, 0.25) is 0 Å². The third kappa shape index (κ3) is 3.53. The number of hydrogen-bond donors (Lipinski definition) is 1. The van der Waals surface area contributed by atoms with Crippen molar-refractivity contribution in [2.75, 3.05) is 11.4 Å². The lowest BCUT2D eigenvalue weighted by atomic mass is 10.1. The molecule has 0 unspecified atom stereocenters. The summed E-state index contributed by atoms with van der Waals surface area (Å²) in [5.41, 5.74) is 2.07. The molecular weight excluding hydrogens is 258 g/mol. The van der Waals surface area contributed by atoms with Crippen LogP contribution in [0.5, 0.6) is 0 Å². The molecule has 1 N–H and O–H groups in total. The first-order chi connectivity index (χ1) is 9.56. The highest BCUT2D eigenvalue weighted by Crippen LogP contribution is 2.21. The Morgan fingerprint density at radius 1 is 1.40 bits per heavy atom. The highest BCUT2D eigenvalue weighted by Gasteiger charge is 2.14. The first-order valence-electron chi connectivity index (χ1n) is 6.31. The van der Waals surface area contributed by atoms with Crippen molar-refractivity contribution >= 4 is 11.7 Å². The molecule has 0 spiro atoms. The van der Waals surface area contributed by atoms with E-state index >= 15 is 0 Å². The van der Waals surface area contributed by atoms with Gasteiger partial charge in [0, 0.05) is 12.2 Å². The predicted octanol–water partition coefficient (Wildman–Crippen LogP) is 1.000. The average molecular weight is 275 g/mol. The number of anilines is 1. The van der Waals surface area contributed by atoms with E-state index < -0.39 is 5.97 Å². The van der Waals surface area contributed by atoms with Crippen LogP contribution < -0.4 is 4.90 Å². The maximum Gasteiger partial charge on any atom is 0.305 e. The fraction of sp³-hybridized carbons (Fsp3) is 0.385. The zero-order valence-electron chi connectivity index (χ0n) is 11.5. The summed E-state index contributed by atoms with van der Waals surface area (Å²) in [6, 6.07) is 7.84. The summed E-state index contributed by atoms with van der Waals surface area (Å²) in [4.78, 5) is 14.2. The van der Waals surface area contributed by atoms with E-state index in [1.165, 1.54) is 4.80 Å². The van der Waals surface area contributed by atoms with Gasteiger partial charge in [-0.1, -0.05) is 18.2 Å². The standard InChI is InChI=1S/C13H17N5O2/c1-10-5-3-4-6-11(10)18(8-7-13(19)20)9-12-14-16-17(2)15-12/h3-6H,7-9H2,1-2H3,(H,19,20). The molecule has 1 heterocycles. The first kappa shape index (κ1) is 14.0. The Bertz CT molecular complexity index is 596. The first-order valence-corrected chi connectivity index (χ1v) is 6.31. The third-order valence-electron chi connectivity index (χ3n) is 2.93. The number of carboxylic acids is 1. The van der Waals surface area contributed by atoms with Crippen LogP contribution in [0.15, 0.2) is 24.3 Å². The molecule has 0 amide bonds. The number of aryl methyl sites for hydroxylation is 2. The van der Waals surface area contributed by atoms with Crippen molar-refractivity contribution < 1.29 is 9.90 Å². The third-order valence-corrected chi connectivity index (χ3v) is 2.93. The summed E-state index contributed by atoms with van der Waals surface area (Å²) in [5.74, 6) is -0.253. The van der Waals surface area contributed by atoms with Crippen LogP contribution in [0.25, 0.3) is 0 Å². The fourth-order valence-electron chi connectivity index (χ4n) is 1.99. The molecule has 0 aliphatic carbocycles. The van der Waals surface area contributed by atoms with Crippen LogP contribution in [0, 0.1) is 6.92 Å². The lowest BCUT2D eigenvalue weighted by molar-refractivity contribution is -0.136. The van der Waals surface area contributed by atoms with Crippen molar-refractivity contribution in [3.8, 4) is 0 Å².